The van der Waals surface area contributed by atoms with E-state index in [1.807, 2.05) is 18.2 Å². The molecule has 0 spiro atoms. The van der Waals surface area contributed by atoms with Crippen molar-refractivity contribution in [3.8, 4) is 0 Å². The van der Waals surface area contributed by atoms with Crippen molar-refractivity contribution in [2.45, 2.75) is 51.2 Å². The molecule has 29 heavy (non-hydrogen) atoms. The zero-order valence-electron chi connectivity index (χ0n) is 16.3. The maximum atomic E-state index is 12.5. The van der Waals surface area contributed by atoms with Crippen LogP contribution >= 0.6 is 0 Å². The fourth-order valence-corrected chi connectivity index (χ4v) is 3.89. The molecule has 1 fully saturated rings. The van der Waals surface area contributed by atoms with Gasteiger partial charge in [-0.05, 0) is 67.9 Å². The number of amides is 2. The maximum Gasteiger partial charge on any atom is 0.261 e. The highest BCUT2D eigenvalue weighted by Gasteiger charge is 2.23. The van der Waals surface area contributed by atoms with Crippen LogP contribution in [0.15, 0.2) is 35.1 Å². The number of aromatic nitrogens is 1. The van der Waals surface area contributed by atoms with Gasteiger partial charge in [0.15, 0.2) is 0 Å². The number of ether oxygens (including phenoxy) is 1. The van der Waals surface area contributed by atoms with Crippen LogP contribution in [0.3, 0.4) is 0 Å². The van der Waals surface area contributed by atoms with Crippen LogP contribution in [-0.4, -0.2) is 29.5 Å². The lowest BCUT2D eigenvalue weighted by Gasteiger charge is -2.16. The van der Waals surface area contributed by atoms with Crippen molar-refractivity contribution >= 4 is 17.5 Å². The molecule has 2 aromatic rings. The number of nitrogens with one attached hydrogen (secondary N) is 3. The quantitative estimate of drug-likeness (QED) is 0.723. The smallest absolute Gasteiger partial charge is 0.261 e. The highest BCUT2D eigenvalue weighted by atomic mass is 16.5. The van der Waals surface area contributed by atoms with Gasteiger partial charge in [-0.15, -0.1) is 0 Å². The molecule has 0 radical (unpaired) electrons. The summed E-state index contributed by atoms with van der Waals surface area (Å²) in [6.07, 6.45) is 5.12. The van der Waals surface area contributed by atoms with E-state index in [0.717, 1.165) is 55.3 Å². The molecule has 2 amide bonds. The highest BCUT2D eigenvalue weighted by Crippen LogP contribution is 2.19. The largest absolute Gasteiger partial charge is 0.368 e. The molecule has 4 rings (SSSR count). The predicted molar refractivity (Wildman–Crippen MR) is 109 cm³/mol. The summed E-state index contributed by atoms with van der Waals surface area (Å²) in [5, 5.41) is 5.66. The number of carbonyl (C=O) groups is 2. The van der Waals surface area contributed by atoms with E-state index in [9.17, 15) is 14.4 Å². The first-order valence-corrected chi connectivity index (χ1v) is 10.1. The Labute approximate surface area is 168 Å². The molecule has 1 atom stereocenters. The lowest BCUT2D eigenvalue weighted by atomic mass is 9.95. The highest BCUT2D eigenvalue weighted by molar-refractivity contribution is 5.95. The maximum absolute atomic E-state index is 12.5. The molecule has 152 valence electrons. The fourth-order valence-electron chi connectivity index (χ4n) is 3.89. The van der Waals surface area contributed by atoms with Gasteiger partial charge in [-0.1, -0.05) is 12.1 Å². The summed E-state index contributed by atoms with van der Waals surface area (Å²) in [7, 11) is 0. The first-order chi connectivity index (χ1) is 14.1. The third kappa shape index (κ3) is 4.56. The summed E-state index contributed by atoms with van der Waals surface area (Å²) in [6.45, 7) is 0.880. The van der Waals surface area contributed by atoms with E-state index in [1.165, 1.54) is 0 Å². The van der Waals surface area contributed by atoms with Gasteiger partial charge in [0, 0.05) is 24.5 Å². The minimum Gasteiger partial charge on any atom is -0.368 e. The molecule has 1 aliphatic heterocycles. The molecular weight excluding hydrogens is 370 g/mol. The lowest BCUT2D eigenvalue weighted by molar-refractivity contribution is -0.124. The standard InChI is InChI=1S/C22H25N3O4/c26-20(17-12-15-6-1-2-8-18(15)25-21(17)27)23-13-14-5-3-7-16(11-14)24-22(28)19-9-4-10-29-19/h3,5,7,11-12,19H,1-2,4,6,8-10,13H2,(H,23,26)(H,24,28)(H,25,27)/t19-/m1/s1. The molecule has 1 aliphatic carbocycles. The second kappa shape index (κ2) is 8.61. The van der Waals surface area contributed by atoms with Gasteiger partial charge in [-0.3, -0.25) is 14.4 Å². The van der Waals surface area contributed by atoms with Crippen LogP contribution in [0.4, 0.5) is 5.69 Å². The number of H-pyrrole nitrogens is 1. The van der Waals surface area contributed by atoms with Gasteiger partial charge in [-0.25, -0.2) is 0 Å². The van der Waals surface area contributed by atoms with Gasteiger partial charge in [0.05, 0.1) is 0 Å². The number of carbonyl (C=O) groups excluding carboxylic acids is 2. The van der Waals surface area contributed by atoms with E-state index in [0.29, 0.717) is 12.3 Å². The van der Waals surface area contributed by atoms with Gasteiger partial charge in [0.25, 0.3) is 17.4 Å². The van der Waals surface area contributed by atoms with Crippen LogP contribution in [0.1, 0.15) is 52.9 Å². The monoisotopic (exact) mass is 395 g/mol. The molecular formula is C22H25N3O4. The van der Waals surface area contributed by atoms with Gasteiger partial charge in [-0.2, -0.15) is 0 Å². The number of rotatable bonds is 5. The molecule has 0 unspecified atom stereocenters. The van der Waals surface area contributed by atoms with Gasteiger partial charge < -0.3 is 20.4 Å². The topological polar surface area (TPSA) is 100 Å². The van der Waals surface area contributed by atoms with Crippen LogP contribution < -0.4 is 16.2 Å². The number of aromatic amines is 1. The lowest BCUT2D eigenvalue weighted by Crippen LogP contribution is -2.31. The zero-order valence-corrected chi connectivity index (χ0v) is 16.3. The van der Waals surface area contributed by atoms with E-state index in [1.54, 1.807) is 12.1 Å². The second-order valence-electron chi connectivity index (χ2n) is 7.60. The summed E-state index contributed by atoms with van der Waals surface area (Å²) in [5.74, 6) is -0.544. The first-order valence-electron chi connectivity index (χ1n) is 10.1. The van der Waals surface area contributed by atoms with E-state index in [4.69, 9.17) is 4.74 Å². The second-order valence-corrected chi connectivity index (χ2v) is 7.60. The summed E-state index contributed by atoms with van der Waals surface area (Å²) >= 11 is 0. The summed E-state index contributed by atoms with van der Waals surface area (Å²) < 4.78 is 5.39. The number of hydrogen-bond acceptors (Lipinski definition) is 4. The molecule has 0 saturated carbocycles. The number of anilines is 1. The molecule has 1 aromatic heterocycles. The molecule has 7 heteroatoms. The molecule has 7 nitrogen and oxygen atoms in total. The average Bonchev–Trinajstić information content (AvgIpc) is 3.27. The number of aryl methyl sites for hydroxylation is 2. The first kappa shape index (κ1) is 19.4. The molecule has 1 aromatic carbocycles. The van der Waals surface area contributed by atoms with Gasteiger partial charge in [0.2, 0.25) is 0 Å². The van der Waals surface area contributed by atoms with E-state index >= 15 is 0 Å². The van der Waals surface area contributed by atoms with Crippen molar-refractivity contribution < 1.29 is 14.3 Å². The average molecular weight is 395 g/mol. The zero-order chi connectivity index (χ0) is 20.2. The van der Waals surface area contributed by atoms with Gasteiger partial charge in [0.1, 0.15) is 11.7 Å². The normalized spacial score (nSPS) is 18.1. The van der Waals surface area contributed by atoms with Crippen molar-refractivity contribution in [1.29, 1.82) is 0 Å². The van der Waals surface area contributed by atoms with Crippen molar-refractivity contribution in [1.82, 2.24) is 10.3 Å². The molecule has 3 N–H and O–H groups in total. The van der Waals surface area contributed by atoms with E-state index in [-0.39, 0.29) is 23.6 Å². The predicted octanol–water partition coefficient (Wildman–Crippen LogP) is 2.30. The van der Waals surface area contributed by atoms with Crippen LogP contribution in [-0.2, 0) is 28.9 Å². The van der Waals surface area contributed by atoms with E-state index < -0.39 is 12.0 Å². The van der Waals surface area contributed by atoms with E-state index in [2.05, 4.69) is 15.6 Å². The van der Waals surface area contributed by atoms with Crippen molar-refractivity contribution in [2.24, 2.45) is 0 Å². The third-order valence-corrected chi connectivity index (χ3v) is 5.45. The number of benzene rings is 1. The van der Waals surface area contributed by atoms with Crippen LogP contribution in [0.2, 0.25) is 0 Å². The Bertz CT molecular complexity index is 976. The Balaban J connectivity index is 1.39. The van der Waals surface area contributed by atoms with Crippen molar-refractivity contribution in [3.05, 3.63) is 63.1 Å². The minimum atomic E-state index is -0.395. The Morgan fingerprint density at radius 1 is 1.14 bits per heavy atom. The summed E-state index contributed by atoms with van der Waals surface area (Å²) in [6, 6.07) is 9.01. The summed E-state index contributed by atoms with van der Waals surface area (Å²) in [4.78, 5) is 39.9. The Morgan fingerprint density at radius 2 is 2.00 bits per heavy atom. The van der Waals surface area contributed by atoms with Crippen LogP contribution in [0, 0.1) is 0 Å². The Morgan fingerprint density at radius 3 is 2.83 bits per heavy atom. The molecule has 0 bridgehead atoms. The third-order valence-electron chi connectivity index (χ3n) is 5.45. The van der Waals surface area contributed by atoms with Crippen molar-refractivity contribution in [2.75, 3.05) is 11.9 Å². The number of pyridine rings is 1. The summed E-state index contributed by atoms with van der Waals surface area (Å²) in [5.41, 5.74) is 3.29. The molecule has 2 heterocycles. The molecule has 2 aliphatic rings. The van der Waals surface area contributed by atoms with Gasteiger partial charge >= 0.3 is 0 Å². The SMILES string of the molecule is O=C(NCc1cccc(NC(=O)[C@H]2CCCO2)c1)c1cc2c([nH]c1=O)CCCC2. The van der Waals surface area contributed by atoms with Crippen LogP contribution in [0.25, 0.3) is 0 Å². The minimum absolute atomic E-state index is 0.147. The molecule has 1 saturated heterocycles. The number of fused-ring (bicyclic) bond motifs is 1. The van der Waals surface area contributed by atoms with Crippen molar-refractivity contribution in [3.63, 3.8) is 0 Å². The van der Waals surface area contributed by atoms with Crippen LogP contribution in [0.5, 0.6) is 0 Å². The number of hydrogen-bond donors (Lipinski definition) is 3. The Kier molecular flexibility index (Phi) is 5.76. The fraction of sp³-hybridized carbons (Fsp3) is 0.409. The Hall–Kier alpha value is -2.93.